The number of hydrogen-bond donors (Lipinski definition) is 0. The number of hydrogen-bond acceptors (Lipinski definition) is 2. The van der Waals surface area contributed by atoms with Crippen molar-refractivity contribution in [1.82, 2.24) is 0 Å². The Morgan fingerprint density at radius 2 is 1.92 bits per heavy atom. The van der Waals surface area contributed by atoms with E-state index >= 15 is 0 Å². The lowest BCUT2D eigenvalue weighted by molar-refractivity contribution is -0.109. The maximum atomic E-state index is 10.6. The van der Waals surface area contributed by atoms with Crippen LogP contribution in [0.25, 0.3) is 0 Å². The molecule has 0 fully saturated rings. The van der Waals surface area contributed by atoms with Gasteiger partial charge in [-0.15, -0.1) is 6.42 Å². The van der Waals surface area contributed by atoms with Crippen molar-refractivity contribution in [2.45, 2.75) is 20.8 Å². The third-order valence-corrected chi connectivity index (χ3v) is 1.85. The molecular formula is C10H12OS. The second-order valence-corrected chi connectivity index (χ2v) is 3.79. The Kier molecular flexibility index (Phi) is 5.23. The Labute approximate surface area is 77.9 Å². The first-order valence-electron chi connectivity index (χ1n) is 3.56. The van der Waals surface area contributed by atoms with Crippen LogP contribution < -0.4 is 0 Å². The van der Waals surface area contributed by atoms with Gasteiger partial charge in [-0.25, -0.2) is 0 Å². The van der Waals surface area contributed by atoms with E-state index in [1.54, 1.807) is 6.92 Å². The maximum Gasteiger partial charge on any atom is 0.190 e. The molecule has 0 heterocycles. The van der Waals surface area contributed by atoms with Crippen LogP contribution in [0.2, 0.25) is 0 Å². The van der Waals surface area contributed by atoms with Crippen molar-refractivity contribution in [3.05, 3.63) is 22.6 Å². The Balaban J connectivity index is 4.20. The van der Waals surface area contributed by atoms with Gasteiger partial charge in [0.15, 0.2) is 5.12 Å². The van der Waals surface area contributed by atoms with E-state index in [2.05, 4.69) is 5.92 Å². The summed E-state index contributed by atoms with van der Waals surface area (Å²) in [7, 11) is 0. The van der Waals surface area contributed by atoms with Gasteiger partial charge in [0.2, 0.25) is 0 Å². The van der Waals surface area contributed by atoms with E-state index in [1.807, 2.05) is 26.0 Å². The lowest BCUT2D eigenvalue weighted by Crippen LogP contribution is -1.79. The number of rotatable bonds is 2. The van der Waals surface area contributed by atoms with Crippen LogP contribution in [0, 0.1) is 12.3 Å². The van der Waals surface area contributed by atoms with Gasteiger partial charge in [-0.3, -0.25) is 4.79 Å². The molecule has 0 aliphatic carbocycles. The zero-order chi connectivity index (χ0) is 9.56. The first-order valence-corrected chi connectivity index (χ1v) is 4.38. The van der Waals surface area contributed by atoms with Crippen molar-refractivity contribution < 1.29 is 4.79 Å². The van der Waals surface area contributed by atoms with Gasteiger partial charge in [0, 0.05) is 6.92 Å². The lowest BCUT2D eigenvalue weighted by atomic mass is 10.3. The zero-order valence-electron chi connectivity index (χ0n) is 7.55. The van der Waals surface area contributed by atoms with Gasteiger partial charge in [0.05, 0.1) is 0 Å². The smallest absolute Gasteiger partial charge is 0.190 e. The summed E-state index contributed by atoms with van der Waals surface area (Å²) in [6.45, 7) is 5.27. The Bertz CT molecular complexity index is 266. The second kappa shape index (κ2) is 5.68. The number of allylic oxidation sites excluding steroid dienone is 4. The highest BCUT2D eigenvalue weighted by Crippen LogP contribution is 2.15. The molecule has 0 N–H and O–H groups in total. The molecular weight excluding hydrogens is 168 g/mol. The van der Waals surface area contributed by atoms with Crippen molar-refractivity contribution >= 4 is 16.9 Å². The molecule has 0 aliphatic heterocycles. The minimum Gasteiger partial charge on any atom is -0.287 e. The molecule has 12 heavy (non-hydrogen) atoms. The Morgan fingerprint density at radius 3 is 2.33 bits per heavy atom. The SMILES string of the molecule is C#C/C(C)=C/C=C(\C)SC(C)=O. The molecule has 2 heteroatoms. The monoisotopic (exact) mass is 180 g/mol. The maximum absolute atomic E-state index is 10.6. The molecule has 0 aromatic rings. The molecule has 0 saturated heterocycles. The Hall–Kier alpha value is -0.940. The predicted molar refractivity (Wildman–Crippen MR) is 54.6 cm³/mol. The van der Waals surface area contributed by atoms with Crippen LogP contribution in [-0.2, 0) is 4.79 Å². The highest BCUT2D eigenvalue weighted by atomic mass is 32.2. The van der Waals surface area contributed by atoms with E-state index in [0.717, 1.165) is 10.5 Å². The summed E-state index contributed by atoms with van der Waals surface area (Å²) in [6.07, 6.45) is 8.81. The van der Waals surface area contributed by atoms with Gasteiger partial charge in [-0.1, -0.05) is 29.8 Å². The van der Waals surface area contributed by atoms with E-state index in [9.17, 15) is 4.79 Å². The summed E-state index contributed by atoms with van der Waals surface area (Å²) in [5, 5.41) is 0.0931. The summed E-state index contributed by atoms with van der Waals surface area (Å²) in [5.74, 6) is 2.50. The Morgan fingerprint density at radius 1 is 1.33 bits per heavy atom. The van der Waals surface area contributed by atoms with Crippen LogP contribution in [0.4, 0.5) is 0 Å². The zero-order valence-corrected chi connectivity index (χ0v) is 8.37. The van der Waals surface area contributed by atoms with Crippen LogP contribution in [0.1, 0.15) is 20.8 Å². The number of carbonyl (C=O) groups is 1. The van der Waals surface area contributed by atoms with Gasteiger partial charge < -0.3 is 0 Å². The molecule has 0 amide bonds. The normalized spacial score (nSPS) is 12.5. The largest absolute Gasteiger partial charge is 0.287 e. The van der Waals surface area contributed by atoms with Crippen LogP contribution in [-0.4, -0.2) is 5.12 Å². The third-order valence-electron chi connectivity index (χ3n) is 1.10. The van der Waals surface area contributed by atoms with E-state index in [1.165, 1.54) is 11.8 Å². The van der Waals surface area contributed by atoms with Crippen molar-refractivity contribution in [2.24, 2.45) is 0 Å². The van der Waals surface area contributed by atoms with Crippen LogP contribution in [0.3, 0.4) is 0 Å². The molecule has 0 spiro atoms. The van der Waals surface area contributed by atoms with E-state index in [-0.39, 0.29) is 5.12 Å². The minimum absolute atomic E-state index is 0.0931. The van der Waals surface area contributed by atoms with Gasteiger partial charge in [-0.2, -0.15) is 0 Å². The summed E-state index contributed by atoms with van der Waals surface area (Å²) in [4.78, 5) is 11.6. The van der Waals surface area contributed by atoms with Crippen molar-refractivity contribution in [3.63, 3.8) is 0 Å². The average Bonchev–Trinajstić information content (AvgIpc) is 1.99. The number of terminal acetylenes is 1. The van der Waals surface area contributed by atoms with Gasteiger partial charge in [-0.05, 0) is 24.3 Å². The van der Waals surface area contributed by atoms with Gasteiger partial charge in [0.1, 0.15) is 0 Å². The molecule has 0 bridgehead atoms. The van der Waals surface area contributed by atoms with Crippen LogP contribution in [0.5, 0.6) is 0 Å². The number of carbonyl (C=O) groups excluding carboxylic acids is 1. The van der Waals surface area contributed by atoms with Crippen molar-refractivity contribution in [2.75, 3.05) is 0 Å². The fourth-order valence-corrected chi connectivity index (χ4v) is 1.14. The average molecular weight is 180 g/mol. The molecule has 0 aromatic carbocycles. The van der Waals surface area contributed by atoms with Gasteiger partial charge >= 0.3 is 0 Å². The first-order chi connectivity index (χ1) is 5.56. The number of thioether (sulfide) groups is 1. The topological polar surface area (TPSA) is 17.1 Å². The minimum atomic E-state index is 0.0931. The highest BCUT2D eigenvalue weighted by molar-refractivity contribution is 8.16. The second-order valence-electron chi connectivity index (χ2n) is 2.36. The van der Waals surface area contributed by atoms with E-state index < -0.39 is 0 Å². The summed E-state index contributed by atoms with van der Waals surface area (Å²) >= 11 is 1.22. The predicted octanol–water partition coefficient (Wildman–Crippen LogP) is 2.75. The molecule has 0 rings (SSSR count). The van der Waals surface area contributed by atoms with Gasteiger partial charge in [0.25, 0.3) is 0 Å². The molecule has 0 aromatic heterocycles. The molecule has 0 unspecified atom stereocenters. The molecule has 0 aliphatic rings. The van der Waals surface area contributed by atoms with E-state index in [4.69, 9.17) is 6.42 Å². The molecule has 0 saturated carbocycles. The third kappa shape index (κ3) is 5.82. The molecule has 1 nitrogen and oxygen atoms in total. The quantitative estimate of drug-likeness (QED) is 0.480. The summed E-state index contributed by atoms with van der Waals surface area (Å²) in [5.41, 5.74) is 0.860. The molecule has 0 radical (unpaired) electrons. The van der Waals surface area contributed by atoms with E-state index in [0.29, 0.717) is 0 Å². The van der Waals surface area contributed by atoms with Crippen molar-refractivity contribution in [1.29, 1.82) is 0 Å². The summed E-state index contributed by atoms with van der Waals surface area (Å²) in [6, 6.07) is 0. The first kappa shape index (κ1) is 11.1. The van der Waals surface area contributed by atoms with Crippen molar-refractivity contribution in [3.8, 4) is 12.3 Å². The summed E-state index contributed by atoms with van der Waals surface area (Å²) < 4.78 is 0. The standard InChI is InChI=1S/C10H12OS/c1-5-8(2)6-7-9(3)12-10(4)11/h1,6-7H,2-4H3/b8-6+,9-7+. The molecule has 64 valence electrons. The van der Waals surface area contributed by atoms with Crippen LogP contribution in [0.15, 0.2) is 22.6 Å². The fourth-order valence-electron chi connectivity index (χ4n) is 0.551. The van der Waals surface area contributed by atoms with Crippen LogP contribution >= 0.6 is 11.8 Å². The lowest BCUT2D eigenvalue weighted by Gasteiger charge is -1.92. The fraction of sp³-hybridized carbons (Fsp3) is 0.300. The highest BCUT2D eigenvalue weighted by Gasteiger charge is 1.93. The molecule has 0 atom stereocenters.